The average molecular weight is 570 g/mol. The number of aliphatic hydroxyl groups is 2. The maximum Gasteiger partial charge on any atom is 0.167 e. The summed E-state index contributed by atoms with van der Waals surface area (Å²) >= 11 is 1.54. The van der Waals surface area contributed by atoms with Gasteiger partial charge < -0.3 is 30.2 Å². The van der Waals surface area contributed by atoms with E-state index >= 15 is 0 Å². The molecule has 4 heterocycles. The molecule has 2 aliphatic rings. The lowest BCUT2D eigenvalue weighted by molar-refractivity contribution is -0.0430. The van der Waals surface area contributed by atoms with E-state index in [2.05, 4.69) is 15.0 Å². The summed E-state index contributed by atoms with van der Waals surface area (Å²) in [5, 5.41) is 21.3. The first-order valence-electron chi connectivity index (χ1n) is 13.1. The lowest BCUT2D eigenvalue weighted by atomic mass is 9.81. The highest BCUT2D eigenvalue weighted by Gasteiger charge is 2.53. The quantitative estimate of drug-likeness (QED) is 0.276. The third kappa shape index (κ3) is 3.96. The lowest BCUT2D eigenvalue weighted by Crippen LogP contribution is -2.38. The van der Waals surface area contributed by atoms with Crippen LogP contribution in [0.2, 0.25) is 0 Å². The molecule has 2 aromatic heterocycles. The van der Waals surface area contributed by atoms with Gasteiger partial charge in [-0.25, -0.2) is 15.0 Å². The number of fused-ring (bicyclic) bond motifs is 3. The van der Waals surface area contributed by atoms with Crippen LogP contribution in [0.5, 0.6) is 17.2 Å². The van der Waals surface area contributed by atoms with Crippen molar-refractivity contribution in [3.05, 3.63) is 102 Å². The van der Waals surface area contributed by atoms with E-state index in [1.165, 1.54) is 6.33 Å². The lowest BCUT2D eigenvalue weighted by Gasteiger charge is -2.42. The van der Waals surface area contributed by atoms with Crippen LogP contribution in [-0.4, -0.2) is 60.9 Å². The van der Waals surface area contributed by atoms with Gasteiger partial charge in [-0.1, -0.05) is 48.5 Å². The maximum atomic E-state index is 11.7. The molecule has 0 amide bonds. The highest BCUT2D eigenvalue weighted by molar-refractivity contribution is 8.01. The normalized spacial score (nSPS) is 22.6. The second-order valence-electron chi connectivity index (χ2n) is 9.91. The highest BCUT2D eigenvalue weighted by atomic mass is 32.2. The van der Waals surface area contributed by atoms with Crippen molar-refractivity contribution in [3.63, 3.8) is 0 Å². The first kappa shape index (κ1) is 25.8. The van der Waals surface area contributed by atoms with Crippen LogP contribution >= 0.6 is 11.8 Å². The molecule has 0 radical (unpaired) electrons. The number of methoxy groups -OCH3 is 1. The Hall–Kier alpha value is -4.16. The Morgan fingerprint density at radius 3 is 2.32 bits per heavy atom. The van der Waals surface area contributed by atoms with Gasteiger partial charge in [-0.15, -0.1) is 11.8 Å². The molecule has 11 heteroatoms. The number of nitrogen functional groups attached to an aromatic ring is 1. The maximum absolute atomic E-state index is 11.7. The predicted octanol–water partition coefficient (Wildman–Crippen LogP) is 3.87. The van der Waals surface area contributed by atoms with Gasteiger partial charge >= 0.3 is 0 Å². The van der Waals surface area contributed by atoms with E-state index in [1.54, 1.807) is 29.8 Å². The molecular formula is C30H27N5O5S. The number of anilines is 1. The standard InChI is InChI=1S/C30H27N5O5S/c1-38-18-12-10-17(11-13-18)30(19-6-2-4-8-21(19)39-22-9-5-3-7-20(22)30)41-26-25(37)23(14-36)40-29(26)35-16-34-24-27(31)32-15-33-28(24)35/h2-13,15-16,23,25-26,29,36-37H,14H2,1H3,(H2,31,32,33)/t23-,25-,26-,29-/m1/s1. The number of hydrogen-bond donors (Lipinski definition) is 3. The molecule has 3 aromatic carbocycles. The number of rotatable bonds is 6. The number of benzene rings is 3. The number of hydrogen-bond acceptors (Lipinski definition) is 10. The Bertz CT molecular complexity index is 1680. The predicted molar refractivity (Wildman–Crippen MR) is 154 cm³/mol. The molecule has 0 saturated carbocycles. The molecule has 208 valence electrons. The Morgan fingerprint density at radius 2 is 1.66 bits per heavy atom. The molecule has 0 aliphatic carbocycles. The monoisotopic (exact) mass is 569 g/mol. The summed E-state index contributed by atoms with van der Waals surface area (Å²) < 4.78 is 19.1. The molecule has 1 fully saturated rings. The molecule has 1 saturated heterocycles. The summed E-state index contributed by atoms with van der Waals surface area (Å²) in [5.74, 6) is 2.41. The first-order valence-corrected chi connectivity index (χ1v) is 14.0. The summed E-state index contributed by atoms with van der Waals surface area (Å²) in [6, 6.07) is 23.7. The Balaban J connectivity index is 1.45. The van der Waals surface area contributed by atoms with Gasteiger partial charge in [0.15, 0.2) is 17.7 Å². The summed E-state index contributed by atoms with van der Waals surface area (Å²) in [5.41, 5.74) is 9.80. The van der Waals surface area contributed by atoms with Gasteiger partial charge in [0.1, 0.15) is 35.2 Å². The van der Waals surface area contributed by atoms with Gasteiger partial charge in [-0.2, -0.15) is 0 Å². The summed E-state index contributed by atoms with van der Waals surface area (Å²) in [4.78, 5) is 12.9. The van der Waals surface area contributed by atoms with E-state index in [9.17, 15) is 10.2 Å². The SMILES string of the molecule is COc1ccc(C2(S[C@@H]3[C@H](O)[C@@H](CO)O[C@H]3n3cnc4c(N)ncnc43)c3ccccc3Oc3ccccc32)cc1. The minimum absolute atomic E-state index is 0.247. The smallest absolute Gasteiger partial charge is 0.167 e. The number of aromatic nitrogens is 4. The third-order valence-corrected chi connectivity index (χ3v) is 9.53. The fraction of sp³-hybridized carbons (Fsp3) is 0.233. The molecule has 2 aliphatic heterocycles. The Morgan fingerprint density at radius 1 is 0.976 bits per heavy atom. The van der Waals surface area contributed by atoms with Crippen LogP contribution in [-0.2, 0) is 9.48 Å². The zero-order valence-electron chi connectivity index (χ0n) is 22.0. The molecule has 5 aromatic rings. The number of para-hydroxylation sites is 2. The van der Waals surface area contributed by atoms with E-state index in [-0.39, 0.29) is 12.4 Å². The number of thioether (sulfide) groups is 1. The minimum Gasteiger partial charge on any atom is -0.497 e. The fourth-order valence-electron chi connectivity index (χ4n) is 5.77. The third-order valence-electron chi connectivity index (χ3n) is 7.72. The van der Waals surface area contributed by atoms with Gasteiger partial charge in [-0.3, -0.25) is 4.57 Å². The number of ether oxygens (including phenoxy) is 3. The zero-order chi connectivity index (χ0) is 28.1. The van der Waals surface area contributed by atoms with Gasteiger partial charge in [0, 0.05) is 11.1 Å². The molecule has 4 N–H and O–H groups in total. The van der Waals surface area contributed by atoms with Crippen molar-refractivity contribution in [1.29, 1.82) is 0 Å². The van der Waals surface area contributed by atoms with E-state index in [0.29, 0.717) is 22.7 Å². The number of nitrogens with two attached hydrogens (primary N) is 1. The first-order chi connectivity index (χ1) is 20.0. The Kier molecular flexibility index (Phi) is 6.31. The summed E-state index contributed by atoms with van der Waals surface area (Å²) in [7, 11) is 1.64. The van der Waals surface area contributed by atoms with Crippen molar-refractivity contribution < 1.29 is 24.4 Å². The van der Waals surface area contributed by atoms with Crippen LogP contribution < -0.4 is 15.2 Å². The molecular weight excluding hydrogens is 542 g/mol. The van der Waals surface area contributed by atoms with Crippen LogP contribution in [0.15, 0.2) is 85.5 Å². The van der Waals surface area contributed by atoms with Gasteiger partial charge in [0.2, 0.25) is 0 Å². The molecule has 7 rings (SSSR count). The van der Waals surface area contributed by atoms with Crippen molar-refractivity contribution in [2.45, 2.75) is 28.4 Å². The van der Waals surface area contributed by atoms with Crippen molar-refractivity contribution in [2.24, 2.45) is 0 Å². The number of nitrogens with zero attached hydrogens (tertiary/aromatic N) is 4. The molecule has 41 heavy (non-hydrogen) atoms. The van der Waals surface area contributed by atoms with Crippen LogP contribution in [0.3, 0.4) is 0 Å². The van der Waals surface area contributed by atoms with Gasteiger partial charge in [0.25, 0.3) is 0 Å². The molecule has 10 nitrogen and oxygen atoms in total. The fourth-order valence-corrected chi connectivity index (χ4v) is 7.67. The van der Waals surface area contributed by atoms with Crippen LogP contribution in [0.4, 0.5) is 5.82 Å². The molecule has 4 atom stereocenters. The van der Waals surface area contributed by atoms with Crippen LogP contribution in [0.25, 0.3) is 11.2 Å². The van der Waals surface area contributed by atoms with E-state index < -0.39 is 28.4 Å². The van der Waals surface area contributed by atoms with Crippen molar-refractivity contribution >= 4 is 28.7 Å². The second-order valence-corrected chi connectivity index (χ2v) is 11.3. The van der Waals surface area contributed by atoms with Crippen molar-refractivity contribution in [2.75, 3.05) is 19.5 Å². The largest absolute Gasteiger partial charge is 0.497 e. The van der Waals surface area contributed by atoms with E-state index in [0.717, 1.165) is 22.4 Å². The van der Waals surface area contributed by atoms with Gasteiger partial charge in [0.05, 0.1) is 36.1 Å². The van der Waals surface area contributed by atoms with E-state index in [1.807, 2.05) is 72.8 Å². The zero-order valence-corrected chi connectivity index (χ0v) is 22.8. The highest BCUT2D eigenvalue weighted by Crippen LogP contribution is 2.61. The molecule has 0 bridgehead atoms. The van der Waals surface area contributed by atoms with Gasteiger partial charge in [-0.05, 0) is 29.8 Å². The number of imidazole rings is 1. The summed E-state index contributed by atoms with van der Waals surface area (Å²) in [6.07, 6.45) is 0.378. The molecule has 0 unspecified atom stereocenters. The number of aliphatic hydroxyl groups excluding tert-OH is 2. The van der Waals surface area contributed by atoms with Crippen molar-refractivity contribution in [3.8, 4) is 17.2 Å². The average Bonchev–Trinajstić information content (AvgIpc) is 3.58. The van der Waals surface area contributed by atoms with E-state index in [4.69, 9.17) is 19.9 Å². The topological polar surface area (TPSA) is 138 Å². The van der Waals surface area contributed by atoms with Crippen LogP contribution in [0, 0.1) is 0 Å². The summed E-state index contributed by atoms with van der Waals surface area (Å²) in [6.45, 7) is -0.357. The van der Waals surface area contributed by atoms with Crippen LogP contribution in [0.1, 0.15) is 22.9 Å². The molecule has 0 spiro atoms. The minimum atomic E-state index is -1.02. The second kappa shape index (κ2) is 10.0. The Labute approximate surface area is 239 Å². The van der Waals surface area contributed by atoms with Crippen molar-refractivity contribution in [1.82, 2.24) is 19.5 Å².